The van der Waals surface area contributed by atoms with E-state index in [0.717, 1.165) is 43.4 Å². The van der Waals surface area contributed by atoms with Gasteiger partial charge in [-0.2, -0.15) is 0 Å². The van der Waals surface area contributed by atoms with Crippen LogP contribution in [0.2, 0.25) is 0 Å². The number of H-pyrrole nitrogens is 1. The average Bonchev–Trinajstić information content (AvgIpc) is 3.67. The molecule has 0 radical (unpaired) electrons. The van der Waals surface area contributed by atoms with Crippen molar-refractivity contribution in [3.63, 3.8) is 0 Å². The van der Waals surface area contributed by atoms with E-state index in [9.17, 15) is 19.2 Å². The highest BCUT2D eigenvalue weighted by Crippen LogP contribution is 2.31. The van der Waals surface area contributed by atoms with Crippen LogP contribution >= 0.6 is 0 Å². The molecule has 2 aromatic rings. The second-order valence-corrected chi connectivity index (χ2v) is 9.07. The number of hydrogen-bond acceptors (Lipinski definition) is 4. The Balaban J connectivity index is 1.31. The smallest absolute Gasteiger partial charge is 0.328 e. The van der Waals surface area contributed by atoms with Crippen molar-refractivity contribution in [2.45, 2.75) is 45.1 Å². The van der Waals surface area contributed by atoms with E-state index >= 15 is 0 Å². The molecule has 8 nitrogen and oxygen atoms in total. The third-order valence-electron chi connectivity index (χ3n) is 6.82. The maximum Gasteiger partial charge on any atom is 0.328 e. The van der Waals surface area contributed by atoms with Gasteiger partial charge in [0, 0.05) is 48.9 Å². The maximum absolute atomic E-state index is 13.1. The molecule has 0 unspecified atom stereocenters. The third-order valence-corrected chi connectivity index (χ3v) is 6.82. The van der Waals surface area contributed by atoms with Gasteiger partial charge in [0.25, 0.3) is 11.5 Å². The number of rotatable bonds is 4. The molecular formula is C24H28N4O4. The molecule has 168 valence electrons. The van der Waals surface area contributed by atoms with Gasteiger partial charge in [-0.15, -0.1) is 0 Å². The van der Waals surface area contributed by atoms with Gasteiger partial charge >= 0.3 is 5.69 Å². The van der Waals surface area contributed by atoms with Gasteiger partial charge in [0.15, 0.2) is 0 Å². The number of nitrogens with one attached hydrogen (secondary N) is 1. The fraction of sp³-hybridized carbons (Fsp3) is 0.500. The molecule has 2 fully saturated rings. The molecule has 8 heteroatoms. The molecule has 0 spiro atoms. The number of nitrogens with zero attached hydrogens (tertiary/aromatic N) is 3. The molecule has 0 atom stereocenters. The molecule has 2 aliphatic carbocycles. The number of carbonyl (C=O) groups excluding carboxylic acids is 2. The van der Waals surface area contributed by atoms with Crippen LogP contribution in [0.25, 0.3) is 0 Å². The molecule has 2 heterocycles. The molecule has 32 heavy (non-hydrogen) atoms. The van der Waals surface area contributed by atoms with Crippen LogP contribution in [0.5, 0.6) is 0 Å². The first-order chi connectivity index (χ1) is 15.5. The monoisotopic (exact) mass is 436 g/mol. The minimum atomic E-state index is -0.399. The summed E-state index contributed by atoms with van der Waals surface area (Å²) < 4.78 is 1.64. The first-order valence-electron chi connectivity index (χ1n) is 11.5. The van der Waals surface area contributed by atoms with Crippen LogP contribution in [-0.2, 0) is 24.2 Å². The zero-order chi connectivity index (χ0) is 22.2. The highest BCUT2D eigenvalue weighted by Gasteiger charge is 2.35. The van der Waals surface area contributed by atoms with Gasteiger partial charge in [-0.25, -0.2) is 4.79 Å². The molecule has 1 aromatic heterocycles. The Bertz CT molecular complexity index is 1170. The minimum Gasteiger partial charge on any atom is -0.339 e. The molecule has 1 aliphatic heterocycles. The van der Waals surface area contributed by atoms with Gasteiger partial charge in [-0.05, 0) is 56.2 Å². The number of hydrogen-bond donors (Lipinski definition) is 1. The van der Waals surface area contributed by atoms with Crippen molar-refractivity contribution in [2.75, 3.05) is 26.2 Å². The van der Waals surface area contributed by atoms with Crippen LogP contribution in [0.4, 0.5) is 0 Å². The van der Waals surface area contributed by atoms with Crippen LogP contribution in [0, 0.1) is 5.92 Å². The topological polar surface area (TPSA) is 95.5 Å². The summed E-state index contributed by atoms with van der Waals surface area (Å²) in [4.78, 5) is 56.1. The summed E-state index contributed by atoms with van der Waals surface area (Å²) in [6.07, 6.45) is 5.32. The Morgan fingerprint density at radius 2 is 1.69 bits per heavy atom. The predicted octanol–water partition coefficient (Wildman–Crippen LogP) is 1.16. The van der Waals surface area contributed by atoms with Gasteiger partial charge in [0.1, 0.15) is 0 Å². The summed E-state index contributed by atoms with van der Waals surface area (Å²) in [6.45, 7) is 2.56. The Hall–Kier alpha value is -3.16. The molecule has 1 saturated heterocycles. The van der Waals surface area contributed by atoms with Crippen LogP contribution in [0.15, 0.2) is 33.9 Å². The number of fused-ring (bicyclic) bond motifs is 1. The fourth-order valence-electron chi connectivity index (χ4n) is 4.85. The van der Waals surface area contributed by atoms with Gasteiger partial charge in [0.2, 0.25) is 5.91 Å². The Labute approximate surface area is 185 Å². The van der Waals surface area contributed by atoms with E-state index in [0.29, 0.717) is 50.3 Å². The Morgan fingerprint density at radius 3 is 2.44 bits per heavy atom. The molecule has 3 aliphatic rings. The lowest BCUT2D eigenvalue weighted by Gasteiger charge is -2.35. The molecule has 2 amide bonds. The Kier molecular flexibility index (Phi) is 5.45. The van der Waals surface area contributed by atoms with Gasteiger partial charge in [0.05, 0.1) is 6.54 Å². The SMILES string of the molecule is O=C(c1cccc(Cn2c3c(c(=O)[nH]c2=O)CCCC3)c1)N1CCN(C(=O)C2CC2)CC1. The molecule has 0 bridgehead atoms. The summed E-state index contributed by atoms with van der Waals surface area (Å²) in [6, 6.07) is 7.35. The van der Waals surface area contributed by atoms with Crippen LogP contribution < -0.4 is 11.2 Å². The number of benzene rings is 1. The normalized spacial score (nSPS) is 18.4. The second-order valence-electron chi connectivity index (χ2n) is 9.07. The van der Waals surface area contributed by atoms with Crippen molar-refractivity contribution in [3.05, 3.63) is 67.5 Å². The van der Waals surface area contributed by atoms with Gasteiger partial charge in [-0.3, -0.25) is 23.9 Å². The van der Waals surface area contributed by atoms with Crippen molar-refractivity contribution in [3.8, 4) is 0 Å². The van der Waals surface area contributed by atoms with Gasteiger partial charge in [-0.1, -0.05) is 12.1 Å². The van der Waals surface area contributed by atoms with Gasteiger partial charge < -0.3 is 9.80 Å². The molecule has 1 aromatic carbocycles. The molecule has 1 N–H and O–H groups in total. The first kappa shape index (κ1) is 20.7. The number of carbonyl (C=O) groups is 2. The minimum absolute atomic E-state index is 0.0544. The zero-order valence-electron chi connectivity index (χ0n) is 18.1. The van der Waals surface area contributed by atoms with E-state index < -0.39 is 5.69 Å². The summed E-state index contributed by atoms with van der Waals surface area (Å²) >= 11 is 0. The highest BCUT2D eigenvalue weighted by atomic mass is 16.2. The quantitative estimate of drug-likeness (QED) is 0.778. The summed E-state index contributed by atoms with van der Waals surface area (Å²) in [5.74, 6) is 0.381. The first-order valence-corrected chi connectivity index (χ1v) is 11.5. The third kappa shape index (κ3) is 4.01. The van der Waals surface area contributed by atoms with Crippen molar-refractivity contribution >= 4 is 11.8 Å². The maximum atomic E-state index is 13.1. The second kappa shape index (κ2) is 8.41. The van der Waals surface area contributed by atoms with Crippen LogP contribution in [0.3, 0.4) is 0 Å². The van der Waals surface area contributed by atoms with Crippen molar-refractivity contribution in [2.24, 2.45) is 5.92 Å². The highest BCUT2D eigenvalue weighted by molar-refractivity contribution is 5.94. The standard InChI is InChI=1S/C24H28N4O4/c29-21-19-6-1-2-7-20(19)28(24(32)25-21)15-16-4-3-5-18(14-16)23(31)27-12-10-26(11-13-27)22(30)17-8-9-17/h3-5,14,17H,1-2,6-13,15H2,(H,25,29,32). The van der Waals surface area contributed by atoms with Crippen molar-refractivity contribution in [1.82, 2.24) is 19.4 Å². The van der Waals surface area contributed by atoms with E-state index in [4.69, 9.17) is 0 Å². The van der Waals surface area contributed by atoms with E-state index in [1.807, 2.05) is 23.1 Å². The lowest BCUT2D eigenvalue weighted by Crippen LogP contribution is -2.51. The number of aromatic amines is 1. The summed E-state index contributed by atoms with van der Waals surface area (Å²) in [5.41, 5.74) is 2.28. The lowest BCUT2D eigenvalue weighted by atomic mass is 9.96. The molecule has 1 saturated carbocycles. The van der Waals surface area contributed by atoms with E-state index in [1.54, 1.807) is 15.5 Å². The Morgan fingerprint density at radius 1 is 0.969 bits per heavy atom. The predicted molar refractivity (Wildman–Crippen MR) is 119 cm³/mol. The molecule has 5 rings (SSSR count). The van der Waals surface area contributed by atoms with Crippen molar-refractivity contribution < 1.29 is 9.59 Å². The van der Waals surface area contributed by atoms with Crippen LogP contribution in [0.1, 0.15) is 52.9 Å². The van der Waals surface area contributed by atoms with Crippen LogP contribution in [-0.4, -0.2) is 57.3 Å². The zero-order valence-corrected chi connectivity index (χ0v) is 18.1. The lowest BCUT2D eigenvalue weighted by molar-refractivity contribution is -0.134. The largest absolute Gasteiger partial charge is 0.339 e. The number of aromatic nitrogens is 2. The molecular weight excluding hydrogens is 408 g/mol. The van der Waals surface area contributed by atoms with E-state index in [1.165, 1.54) is 0 Å². The summed E-state index contributed by atoms with van der Waals surface area (Å²) in [7, 11) is 0. The average molecular weight is 437 g/mol. The summed E-state index contributed by atoms with van der Waals surface area (Å²) in [5, 5.41) is 0. The van der Waals surface area contributed by atoms with E-state index in [2.05, 4.69) is 4.98 Å². The fourth-order valence-corrected chi connectivity index (χ4v) is 4.85. The number of amides is 2. The van der Waals surface area contributed by atoms with Crippen molar-refractivity contribution in [1.29, 1.82) is 0 Å². The van der Waals surface area contributed by atoms with E-state index in [-0.39, 0.29) is 23.3 Å². The number of piperazine rings is 1.